The van der Waals surface area contributed by atoms with E-state index < -0.39 is 5.54 Å². The van der Waals surface area contributed by atoms with Gasteiger partial charge >= 0.3 is 5.97 Å². The number of methoxy groups -OCH3 is 1. The Hall–Kier alpha value is -1.43. The number of hydrogen-bond donors (Lipinski definition) is 1. The quantitative estimate of drug-likeness (QED) is 0.695. The third kappa shape index (κ3) is 4.81. The zero-order valence-corrected chi connectivity index (χ0v) is 13.4. The number of esters is 1. The molecule has 5 heteroatoms. The molecule has 1 aromatic rings. The van der Waals surface area contributed by atoms with E-state index in [0.717, 1.165) is 12.1 Å². The number of carbonyl (C=O) groups excluding carboxylic acids is 1. The third-order valence-corrected chi connectivity index (χ3v) is 3.24. The van der Waals surface area contributed by atoms with Crippen LogP contribution in [0.1, 0.15) is 12.5 Å². The fourth-order valence-corrected chi connectivity index (χ4v) is 2.17. The lowest BCUT2D eigenvalue weighted by Crippen LogP contribution is -2.54. The lowest BCUT2D eigenvalue weighted by Gasteiger charge is -2.32. The molecule has 0 spiro atoms. The van der Waals surface area contributed by atoms with E-state index in [-0.39, 0.29) is 12.6 Å². The first-order valence-corrected chi connectivity index (χ1v) is 7.18. The molecule has 5 nitrogen and oxygen atoms in total. The maximum atomic E-state index is 12.6. The van der Waals surface area contributed by atoms with Gasteiger partial charge in [0.25, 0.3) is 0 Å². The molecule has 0 radical (unpaired) electrons. The molecule has 0 heterocycles. The van der Waals surface area contributed by atoms with Crippen molar-refractivity contribution in [3.63, 3.8) is 0 Å². The molecule has 0 saturated heterocycles. The Balaban J connectivity index is 3.06. The molecule has 1 atom stereocenters. The number of hydrogen-bond acceptors (Lipinski definition) is 5. The highest BCUT2D eigenvalue weighted by Crippen LogP contribution is 2.23. The summed E-state index contributed by atoms with van der Waals surface area (Å²) >= 11 is 0. The molecule has 0 aliphatic rings. The standard InChI is InChI=1S/C16H26N2O3/c1-5-21-15(19)16(13-20-4,17-11-12-18(2)3)14-9-7-6-8-10-14/h6-10,17H,5,11-13H2,1-4H3. The van der Waals surface area contributed by atoms with Crippen molar-refractivity contribution >= 4 is 5.97 Å². The van der Waals surface area contributed by atoms with E-state index in [1.165, 1.54) is 0 Å². The second-order valence-corrected chi connectivity index (χ2v) is 5.15. The molecule has 0 aliphatic carbocycles. The van der Waals surface area contributed by atoms with Gasteiger partial charge in [0.2, 0.25) is 0 Å². The lowest BCUT2D eigenvalue weighted by molar-refractivity contribution is -0.154. The number of nitrogens with zero attached hydrogens (tertiary/aromatic N) is 1. The molecule has 1 unspecified atom stereocenters. The number of nitrogens with one attached hydrogen (secondary N) is 1. The van der Waals surface area contributed by atoms with Gasteiger partial charge in [-0.2, -0.15) is 0 Å². The molecule has 0 aromatic heterocycles. The number of likely N-dealkylation sites (N-methyl/N-ethyl adjacent to an activating group) is 1. The zero-order chi connectivity index (χ0) is 15.7. The first-order chi connectivity index (χ1) is 10.1. The number of benzene rings is 1. The van der Waals surface area contributed by atoms with Gasteiger partial charge in [0, 0.05) is 20.2 Å². The summed E-state index contributed by atoms with van der Waals surface area (Å²) < 4.78 is 10.6. The van der Waals surface area contributed by atoms with Crippen LogP contribution in [0.2, 0.25) is 0 Å². The monoisotopic (exact) mass is 294 g/mol. The van der Waals surface area contributed by atoms with Crippen molar-refractivity contribution in [2.24, 2.45) is 0 Å². The summed E-state index contributed by atoms with van der Waals surface area (Å²) in [6.45, 7) is 3.85. The maximum absolute atomic E-state index is 12.6. The Labute approximate surface area is 127 Å². The van der Waals surface area contributed by atoms with Crippen molar-refractivity contribution in [3.05, 3.63) is 35.9 Å². The predicted molar refractivity (Wildman–Crippen MR) is 83.2 cm³/mol. The summed E-state index contributed by atoms with van der Waals surface area (Å²) in [6.07, 6.45) is 0. The predicted octanol–water partition coefficient (Wildman–Crippen LogP) is 1.24. The molecule has 118 valence electrons. The smallest absolute Gasteiger partial charge is 0.333 e. The van der Waals surface area contributed by atoms with Crippen molar-refractivity contribution in [3.8, 4) is 0 Å². The average Bonchev–Trinajstić information content (AvgIpc) is 2.47. The number of carbonyl (C=O) groups is 1. The fourth-order valence-electron chi connectivity index (χ4n) is 2.17. The molecule has 0 bridgehead atoms. The average molecular weight is 294 g/mol. The van der Waals surface area contributed by atoms with Crippen LogP contribution in [0.3, 0.4) is 0 Å². The van der Waals surface area contributed by atoms with Gasteiger partial charge in [-0.3, -0.25) is 5.32 Å². The number of rotatable bonds is 9. The summed E-state index contributed by atoms with van der Waals surface area (Å²) in [5.74, 6) is -0.309. The Morgan fingerprint density at radius 2 is 1.95 bits per heavy atom. The second kappa shape index (κ2) is 8.77. The molecular weight excluding hydrogens is 268 g/mol. The molecule has 0 saturated carbocycles. The van der Waals surface area contributed by atoms with Gasteiger partial charge < -0.3 is 14.4 Å². The molecule has 21 heavy (non-hydrogen) atoms. The minimum atomic E-state index is -0.970. The highest BCUT2D eigenvalue weighted by Gasteiger charge is 2.41. The summed E-state index contributed by atoms with van der Waals surface area (Å²) in [4.78, 5) is 14.6. The minimum Gasteiger partial charge on any atom is -0.464 e. The summed E-state index contributed by atoms with van der Waals surface area (Å²) in [5.41, 5.74) is -0.119. The molecular formula is C16H26N2O3. The van der Waals surface area contributed by atoms with Gasteiger partial charge in [-0.1, -0.05) is 30.3 Å². The van der Waals surface area contributed by atoms with E-state index in [9.17, 15) is 4.79 Å². The summed E-state index contributed by atoms with van der Waals surface area (Å²) in [7, 11) is 5.57. The molecule has 1 rings (SSSR count). The van der Waals surface area contributed by atoms with Gasteiger partial charge in [-0.05, 0) is 26.6 Å². The van der Waals surface area contributed by atoms with Crippen LogP contribution in [0, 0.1) is 0 Å². The van der Waals surface area contributed by atoms with Crippen molar-refractivity contribution in [2.75, 3.05) is 47.5 Å². The van der Waals surface area contributed by atoms with Crippen LogP contribution in [0.15, 0.2) is 30.3 Å². The first kappa shape index (κ1) is 17.6. The van der Waals surface area contributed by atoms with Crippen LogP contribution in [0.4, 0.5) is 0 Å². The van der Waals surface area contributed by atoms with Crippen molar-refractivity contribution < 1.29 is 14.3 Å². The van der Waals surface area contributed by atoms with Gasteiger partial charge in [-0.15, -0.1) is 0 Å². The van der Waals surface area contributed by atoms with E-state index in [1.807, 2.05) is 44.4 Å². The van der Waals surface area contributed by atoms with Crippen LogP contribution in [-0.4, -0.2) is 58.4 Å². The molecule has 0 amide bonds. The van der Waals surface area contributed by atoms with E-state index >= 15 is 0 Å². The number of ether oxygens (including phenoxy) is 2. The maximum Gasteiger partial charge on any atom is 0.333 e. The topological polar surface area (TPSA) is 50.8 Å². The van der Waals surface area contributed by atoms with E-state index in [2.05, 4.69) is 10.2 Å². The first-order valence-electron chi connectivity index (χ1n) is 7.18. The third-order valence-electron chi connectivity index (χ3n) is 3.24. The zero-order valence-electron chi connectivity index (χ0n) is 13.4. The molecule has 1 aromatic carbocycles. The van der Waals surface area contributed by atoms with Crippen LogP contribution in [-0.2, 0) is 19.8 Å². The minimum absolute atomic E-state index is 0.225. The largest absolute Gasteiger partial charge is 0.464 e. The highest BCUT2D eigenvalue weighted by atomic mass is 16.5. The van der Waals surface area contributed by atoms with Gasteiger partial charge in [-0.25, -0.2) is 4.79 Å². The van der Waals surface area contributed by atoms with Crippen molar-refractivity contribution in [1.82, 2.24) is 10.2 Å². The van der Waals surface area contributed by atoms with Crippen LogP contribution in [0.5, 0.6) is 0 Å². The van der Waals surface area contributed by atoms with Crippen LogP contribution >= 0.6 is 0 Å². The van der Waals surface area contributed by atoms with Gasteiger partial charge in [0.1, 0.15) is 0 Å². The van der Waals surface area contributed by atoms with Gasteiger partial charge in [0.05, 0.1) is 13.2 Å². The Morgan fingerprint density at radius 3 is 2.48 bits per heavy atom. The molecule has 0 aliphatic heterocycles. The van der Waals surface area contributed by atoms with Gasteiger partial charge in [0.15, 0.2) is 5.54 Å². The second-order valence-electron chi connectivity index (χ2n) is 5.15. The van der Waals surface area contributed by atoms with Crippen molar-refractivity contribution in [1.29, 1.82) is 0 Å². The van der Waals surface area contributed by atoms with Crippen LogP contribution in [0.25, 0.3) is 0 Å². The summed E-state index contributed by atoms with van der Waals surface area (Å²) in [5, 5.41) is 3.33. The Kier molecular flexibility index (Phi) is 7.36. The van der Waals surface area contributed by atoms with Crippen molar-refractivity contribution in [2.45, 2.75) is 12.5 Å². The molecule has 0 fully saturated rings. The molecule has 1 N–H and O–H groups in total. The van der Waals surface area contributed by atoms with E-state index in [4.69, 9.17) is 9.47 Å². The van der Waals surface area contributed by atoms with E-state index in [0.29, 0.717) is 13.2 Å². The summed E-state index contributed by atoms with van der Waals surface area (Å²) in [6, 6.07) is 9.57. The Bertz CT molecular complexity index is 423. The van der Waals surface area contributed by atoms with Crippen LogP contribution < -0.4 is 5.32 Å². The lowest BCUT2D eigenvalue weighted by atomic mass is 9.90. The SMILES string of the molecule is CCOC(=O)C(COC)(NCCN(C)C)c1ccccc1. The normalized spacial score (nSPS) is 14.0. The fraction of sp³-hybridized carbons (Fsp3) is 0.562. The highest BCUT2D eigenvalue weighted by molar-refractivity contribution is 5.83. The van der Waals surface area contributed by atoms with E-state index in [1.54, 1.807) is 14.0 Å². The Morgan fingerprint density at radius 1 is 1.29 bits per heavy atom.